The van der Waals surface area contributed by atoms with E-state index >= 15 is 0 Å². The summed E-state index contributed by atoms with van der Waals surface area (Å²) in [6, 6.07) is -0.0320. The molecule has 1 saturated carbocycles. The van der Waals surface area contributed by atoms with Gasteiger partial charge in [0.2, 0.25) is 0 Å². The second kappa shape index (κ2) is 4.91. The molecular weight excluding hydrogens is 244 g/mol. The van der Waals surface area contributed by atoms with Crippen LogP contribution in [0, 0.1) is 5.92 Å². The smallest absolute Gasteiger partial charge is 0.306 e. The van der Waals surface area contributed by atoms with Gasteiger partial charge in [0, 0.05) is 6.20 Å². The Labute approximate surface area is 103 Å². The normalized spacial score (nSPS) is 24.4. The first-order valence-corrected chi connectivity index (χ1v) is 5.84. The summed E-state index contributed by atoms with van der Waals surface area (Å²) in [5, 5.41) is 12.7. The molecule has 0 amide bonds. The summed E-state index contributed by atoms with van der Waals surface area (Å²) in [5.74, 6) is -1.12. The number of carboxylic acids is 1. The second-order valence-electron chi connectivity index (χ2n) is 4.59. The molecule has 0 aromatic carbocycles. The Morgan fingerprint density at radius 2 is 2.06 bits per heavy atom. The first kappa shape index (κ1) is 12.8. The van der Waals surface area contributed by atoms with E-state index in [9.17, 15) is 13.6 Å². The van der Waals surface area contributed by atoms with Crippen molar-refractivity contribution in [2.45, 2.75) is 38.2 Å². The van der Waals surface area contributed by atoms with Crippen molar-refractivity contribution in [3.05, 3.63) is 11.9 Å². The maximum atomic E-state index is 12.5. The molecule has 0 bridgehead atoms. The lowest BCUT2D eigenvalue weighted by Gasteiger charge is -2.26. The topological polar surface area (TPSA) is 81.1 Å². The molecule has 1 aromatic rings. The number of anilines is 1. The summed E-state index contributed by atoms with van der Waals surface area (Å²) in [6.45, 7) is 0. The van der Waals surface area contributed by atoms with Crippen molar-refractivity contribution in [1.82, 2.24) is 9.78 Å². The van der Waals surface area contributed by atoms with E-state index in [1.807, 2.05) is 0 Å². The summed E-state index contributed by atoms with van der Waals surface area (Å²) >= 11 is 0. The van der Waals surface area contributed by atoms with Crippen LogP contribution < -0.4 is 5.73 Å². The summed E-state index contributed by atoms with van der Waals surface area (Å²) in [6.07, 6.45) is 1.07. The molecule has 1 aromatic heterocycles. The molecule has 7 heteroatoms. The lowest BCUT2D eigenvalue weighted by Crippen LogP contribution is -2.23. The highest BCUT2D eigenvalue weighted by atomic mass is 19.3. The molecular formula is C11H15F2N3O2. The van der Waals surface area contributed by atoms with Gasteiger partial charge in [0.05, 0.1) is 17.6 Å². The third-order valence-corrected chi connectivity index (χ3v) is 3.42. The minimum Gasteiger partial charge on any atom is -0.481 e. The Bertz CT molecular complexity index is 439. The number of carbonyl (C=O) groups is 1. The van der Waals surface area contributed by atoms with Gasteiger partial charge < -0.3 is 10.8 Å². The average Bonchev–Trinajstić information content (AvgIpc) is 2.71. The van der Waals surface area contributed by atoms with Gasteiger partial charge in [-0.05, 0) is 25.7 Å². The fourth-order valence-corrected chi connectivity index (χ4v) is 2.36. The molecule has 0 spiro atoms. The second-order valence-corrected chi connectivity index (χ2v) is 4.59. The Kier molecular flexibility index (Phi) is 3.49. The van der Waals surface area contributed by atoms with E-state index in [4.69, 9.17) is 10.8 Å². The van der Waals surface area contributed by atoms with Crippen LogP contribution in [0.2, 0.25) is 0 Å². The van der Waals surface area contributed by atoms with E-state index in [0.29, 0.717) is 25.7 Å². The molecule has 1 aliphatic rings. The predicted molar refractivity (Wildman–Crippen MR) is 60.2 cm³/mol. The number of carboxylic acid groups (broad SMARTS) is 1. The molecule has 2 rings (SSSR count). The number of nitrogens with two attached hydrogens (primary N) is 1. The van der Waals surface area contributed by atoms with E-state index in [2.05, 4.69) is 5.10 Å². The summed E-state index contributed by atoms with van der Waals surface area (Å²) in [4.78, 5) is 10.8. The fraction of sp³-hybridized carbons (Fsp3) is 0.636. The van der Waals surface area contributed by atoms with Crippen molar-refractivity contribution in [3.8, 4) is 0 Å². The maximum absolute atomic E-state index is 12.5. The SMILES string of the molecule is Nc1cn(C2CCC(C(=O)O)CC2)nc1C(F)F. The number of nitrogens with zero attached hydrogens (tertiary/aromatic N) is 2. The molecule has 3 N–H and O–H groups in total. The molecule has 0 atom stereocenters. The molecule has 0 unspecified atom stereocenters. The van der Waals surface area contributed by atoms with Crippen LogP contribution in [0.25, 0.3) is 0 Å². The molecule has 18 heavy (non-hydrogen) atoms. The Balaban J connectivity index is 2.06. The van der Waals surface area contributed by atoms with Gasteiger partial charge in [0.1, 0.15) is 0 Å². The van der Waals surface area contributed by atoms with Crippen LogP contribution in [-0.4, -0.2) is 20.9 Å². The van der Waals surface area contributed by atoms with Crippen molar-refractivity contribution < 1.29 is 18.7 Å². The molecule has 1 aliphatic carbocycles. The Hall–Kier alpha value is -1.66. The van der Waals surface area contributed by atoms with E-state index in [0.717, 1.165) is 0 Å². The molecule has 0 aliphatic heterocycles. The molecule has 1 heterocycles. The third kappa shape index (κ3) is 2.44. The Morgan fingerprint density at radius 3 is 2.50 bits per heavy atom. The fourth-order valence-electron chi connectivity index (χ4n) is 2.36. The summed E-state index contributed by atoms with van der Waals surface area (Å²) in [5.41, 5.74) is 5.06. The van der Waals surface area contributed by atoms with Crippen LogP contribution in [0.3, 0.4) is 0 Å². The molecule has 100 valence electrons. The standard InChI is InChI=1S/C11H15F2N3O2/c12-10(13)9-8(14)5-16(15-9)7-3-1-6(2-4-7)11(17)18/h5-7,10H,1-4,14H2,(H,17,18). The highest BCUT2D eigenvalue weighted by Gasteiger charge is 2.28. The van der Waals surface area contributed by atoms with Gasteiger partial charge in [0.25, 0.3) is 6.43 Å². The minimum atomic E-state index is -2.68. The van der Waals surface area contributed by atoms with Crippen LogP contribution in [0.4, 0.5) is 14.5 Å². The molecule has 0 saturated heterocycles. The van der Waals surface area contributed by atoms with Crippen molar-refractivity contribution in [2.24, 2.45) is 5.92 Å². The van der Waals surface area contributed by atoms with Crippen LogP contribution in [-0.2, 0) is 4.79 Å². The van der Waals surface area contributed by atoms with Crippen LogP contribution in [0.1, 0.15) is 43.8 Å². The van der Waals surface area contributed by atoms with E-state index in [-0.39, 0.29) is 17.6 Å². The van der Waals surface area contributed by atoms with Crippen LogP contribution >= 0.6 is 0 Å². The number of nitrogen functional groups attached to an aromatic ring is 1. The number of rotatable bonds is 3. The largest absolute Gasteiger partial charge is 0.481 e. The zero-order valence-electron chi connectivity index (χ0n) is 9.72. The lowest BCUT2D eigenvalue weighted by atomic mass is 9.86. The molecule has 0 radical (unpaired) electrons. The van der Waals surface area contributed by atoms with Gasteiger partial charge in [-0.2, -0.15) is 5.10 Å². The summed E-state index contributed by atoms with van der Waals surface area (Å²) < 4.78 is 26.5. The van der Waals surface area contributed by atoms with Gasteiger partial charge in [-0.1, -0.05) is 0 Å². The monoisotopic (exact) mass is 259 g/mol. The highest BCUT2D eigenvalue weighted by Crippen LogP contribution is 2.33. The number of hydrogen-bond donors (Lipinski definition) is 2. The van der Waals surface area contributed by atoms with Gasteiger partial charge in [0.15, 0.2) is 5.69 Å². The number of hydrogen-bond acceptors (Lipinski definition) is 3. The van der Waals surface area contributed by atoms with Gasteiger partial charge in [-0.25, -0.2) is 8.78 Å². The van der Waals surface area contributed by atoms with Crippen molar-refractivity contribution in [1.29, 1.82) is 0 Å². The van der Waals surface area contributed by atoms with E-state index < -0.39 is 18.1 Å². The van der Waals surface area contributed by atoms with Crippen molar-refractivity contribution in [2.75, 3.05) is 5.73 Å². The molecule has 5 nitrogen and oxygen atoms in total. The number of alkyl halides is 2. The van der Waals surface area contributed by atoms with E-state index in [1.54, 1.807) is 0 Å². The van der Waals surface area contributed by atoms with Crippen molar-refractivity contribution >= 4 is 11.7 Å². The quantitative estimate of drug-likeness (QED) is 0.872. The first-order valence-electron chi connectivity index (χ1n) is 5.84. The van der Waals surface area contributed by atoms with Gasteiger partial charge in [-0.3, -0.25) is 9.48 Å². The maximum Gasteiger partial charge on any atom is 0.306 e. The van der Waals surface area contributed by atoms with Gasteiger partial charge >= 0.3 is 5.97 Å². The average molecular weight is 259 g/mol. The number of halogens is 2. The third-order valence-electron chi connectivity index (χ3n) is 3.42. The first-order chi connectivity index (χ1) is 8.49. The lowest BCUT2D eigenvalue weighted by molar-refractivity contribution is -0.143. The van der Waals surface area contributed by atoms with Crippen LogP contribution in [0.5, 0.6) is 0 Å². The number of aliphatic carboxylic acids is 1. The zero-order valence-corrected chi connectivity index (χ0v) is 9.72. The Morgan fingerprint density at radius 1 is 1.44 bits per heavy atom. The molecule has 1 fully saturated rings. The summed E-state index contributed by atoms with van der Waals surface area (Å²) in [7, 11) is 0. The van der Waals surface area contributed by atoms with Crippen LogP contribution in [0.15, 0.2) is 6.20 Å². The minimum absolute atomic E-state index is 0.00893. The van der Waals surface area contributed by atoms with E-state index in [1.165, 1.54) is 10.9 Å². The zero-order chi connectivity index (χ0) is 13.3. The van der Waals surface area contributed by atoms with Crippen molar-refractivity contribution in [3.63, 3.8) is 0 Å². The number of aromatic nitrogens is 2. The predicted octanol–water partition coefficient (Wildman–Crippen LogP) is 2.22. The highest BCUT2D eigenvalue weighted by molar-refractivity contribution is 5.70. The van der Waals surface area contributed by atoms with Gasteiger partial charge in [-0.15, -0.1) is 0 Å².